The van der Waals surface area contributed by atoms with Gasteiger partial charge in [-0.3, -0.25) is 0 Å². The first-order valence-electron chi connectivity index (χ1n) is 3.94. The van der Waals surface area contributed by atoms with Crippen LogP contribution in [0.5, 0.6) is 0 Å². The minimum absolute atomic E-state index is 0.242. The maximum absolute atomic E-state index is 10.7. The summed E-state index contributed by atoms with van der Waals surface area (Å²) in [7, 11) is 0. The van der Waals surface area contributed by atoms with Gasteiger partial charge in [-0.2, -0.15) is 0 Å². The number of carbonyl (C=O) groups excluding carboxylic acids is 1. The van der Waals surface area contributed by atoms with Crippen LogP contribution in [0.3, 0.4) is 0 Å². The standard InChI is InChI=1S/C9H15NO2.W/c1-8(6-11)5-10(7-12)9(2,3)4;/h5,7,11H,1-4H3;/b8-5-;. The van der Waals surface area contributed by atoms with Crippen molar-refractivity contribution in [3.8, 4) is 0 Å². The molecule has 0 heterocycles. The van der Waals surface area contributed by atoms with E-state index in [1.54, 1.807) is 18.0 Å². The summed E-state index contributed by atoms with van der Waals surface area (Å²) < 4.78 is 0.316. The molecule has 0 aliphatic heterocycles. The van der Waals surface area contributed by atoms with Gasteiger partial charge in [-0.1, -0.05) is 0 Å². The van der Waals surface area contributed by atoms with Crippen molar-refractivity contribution in [1.29, 1.82) is 0 Å². The van der Waals surface area contributed by atoms with E-state index in [0.29, 0.717) is 4.08 Å². The number of amides is 1. The van der Waals surface area contributed by atoms with Crippen LogP contribution in [0, 0.1) is 0 Å². The Hall–Kier alpha value is -0.272. The van der Waals surface area contributed by atoms with Gasteiger partial charge in [0, 0.05) is 0 Å². The third-order valence-electron chi connectivity index (χ3n) is 1.56. The molecule has 0 aliphatic carbocycles. The monoisotopic (exact) mass is 353 g/mol. The topological polar surface area (TPSA) is 40.5 Å². The second-order valence-corrected chi connectivity index (χ2v) is 5.19. The average Bonchev–Trinajstić information content (AvgIpc) is 1.96. The van der Waals surface area contributed by atoms with Gasteiger partial charge >= 0.3 is 89.7 Å². The van der Waals surface area contributed by atoms with E-state index in [9.17, 15) is 9.90 Å². The van der Waals surface area contributed by atoms with Crippen LogP contribution in [0.2, 0.25) is 0 Å². The van der Waals surface area contributed by atoms with Gasteiger partial charge in [-0.05, 0) is 0 Å². The van der Waals surface area contributed by atoms with Gasteiger partial charge in [-0.15, -0.1) is 0 Å². The number of rotatable bonds is 3. The molecule has 0 aromatic rings. The molecule has 3 nitrogen and oxygen atoms in total. The Kier molecular flexibility index (Phi) is 4.72. The van der Waals surface area contributed by atoms with Gasteiger partial charge in [0.15, 0.2) is 0 Å². The quantitative estimate of drug-likeness (QED) is 0.775. The first-order valence-corrected chi connectivity index (χ1v) is 5.41. The van der Waals surface area contributed by atoms with Crippen LogP contribution in [0.15, 0.2) is 11.8 Å². The van der Waals surface area contributed by atoms with Crippen molar-refractivity contribution in [1.82, 2.24) is 4.90 Å². The molecule has 0 spiro atoms. The van der Waals surface area contributed by atoms with E-state index >= 15 is 0 Å². The summed E-state index contributed by atoms with van der Waals surface area (Å²) in [5.41, 5.74) is 0.491. The van der Waals surface area contributed by atoms with Crippen molar-refractivity contribution in [3.05, 3.63) is 11.8 Å². The predicted molar refractivity (Wildman–Crippen MR) is 48.4 cm³/mol. The fourth-order valence-corrected chi connectivity index (χ4v) is 0.835. The molecule has 0 aromatic heterocycles. The van der Waals surface area contributed by atoms with Crippen molar-refractivity contribution >= 4 is 10.5 Å². The van der Waals surface area contributed by atoms with E-state index < -0.39 is 0 Å². The van der Waals surface area contributed by atoms with Crippen molar-refractivity contribution in [2.45, 2.75) is 33.2 Å². The summed E-state index contributed by atoms with van der Waals surface area (Å²) in [6, 6.07) is 0. The van der Waals surface area contributed by atoms with Gasteiger partial charge < -0.3 is 0 Å². The summed E-state index contributed by atoms with van der Waals surface area (Å²) in [4.78, 5) is 12.3. The maximum atomic E-state index is 10.7. The van der Waals surface area contributed by atoms with E-state index in [-0.39, 0.29) is 5.54 Å². The molecule has 0 atom stereocenters. The first-order chi connectivity index (χ1) is 5.79. The predicted octanol–water partition coefficient (Wildman–Crippen LogP) is 1.20. The number of aliphatic hydroxyl groups is 1. The molecular formula is C9H15NO2W. The SMILES string of the molecule is C/C(=C/N(C=O)C(C)(C)C)[C](O)=[W]. The summed E-state index contributed by atoms with van der Waals surface area (Å²) in [6.45, 7) is 7.59. The molecule has 0 saturated heterocycles. The Morgan fingerprint density at radius 2 is 1.92 bits per heavy atom. The van der Waals surface area contributed by atoms with E-state index in [0.717, 1.165) is 31.3 Å². The van der Waals surface area contributed by atoms with Crippen LogP contribution in [0.1, 0.15) is 27.7 Å². The molecule has 0 bridgehead atoms. The third-order valence-corrected chi connectivity index (χ3v) is 2.71. The molecule has 0 rings (SSSR count). The molecule has 1 amide bonds. The Balaban J connectivity index is 4.74. The summed E-state index contributed by atoms with van der Waals surface area (Å²) >= 11 is 1.00. The molecule has 0 saturated carbocycles. The van der Waals surface area contributed by atoms with Crippen LogP contribution in [-0.2, 0) is 24.1 Å². The molecular weight excluding hydrogens is 338 g/mol. The van der Waals surface area contributed by atoms with E-state index in [1.807, 2.05) is 20.8 Å². The van der Waals surface area contributed by atoms with Crippen molar-refractivity contribution < 1.29 is 29.3 Å². The number of carbonyl (C=O) groups is 1. The van der Waals surface area contributed by atoms with Crippen molar-refractivity contribution in [3.63, 3.8) is 0 Å². The fourth-order valence-electron chi connectivity index (χ4n) is 0.646. The van der Waals surface area contributed by atoms with Crippen LogP contribution in [-0.4, -0.2) is 26.0 Å². The summed E-state index contributed by atoms with van der Waals surface area (Å²) in [5, 5.41) is 9.17. The first kappa shape index (κ1) is 12.7. The van der Waals surface area contributed by atoms with Gasteiger partial charge in [0.05, 0.1) is 0 Å². The average molecular weight is 353 g/mol. The summed E-state index contributed by atoms with van der Waals surface area (Å²) in [6.07, 6.45) is 2.43. The fraction of sp³-hybridized carbons (Fsp3) is 0.556. The zero-order valence-electron chi connectivity index (χ0n) is 8.37. The zero-order chi connectivity index (χ0) is 10.6. The Morgan fingerprint density at radius 1 is 1.46 bits per heavy atom. The molecule has 1 N–H and O–H groups in total. The van der Waals surface area contributed by atoms with E-state index in [1.165, 1.54) is 0 Å². The van der Waals surface area contributed by atoms with Crippen LogP contribution in [0.25, 0.3) is 0 Å². The Labute approximate surface area is 89.8 Å². The van der Waals surface area contributed by atoms with Gasteiger partial charge in [0.1, 0.15) is 0 Å². The van der Waals surface area contributed by atoms with Crippen molar-refractivity contribution in [2.75, 3.05) is 0 Å². The minimum atomic E-state index is -0.242. The molecule has 0 aliphatic rings. The molecule has 13 heavy (non-hydrogen) atoms. The number of aliphatic hydroxyl groups excluding tert-OH is 1. The molecule has 4 heteroatoms. The molecule has 74 valence electrons. The van der Waals surface area contributed by atoms with Crippen LogP contribution in [0.4, 0.5) is 0 Å². The van der Waals surface area contributed by atoms with Gasteiger partial charge in [0.2, 0.25) is 0 Å². The number of nitrogens with zero attached hydrogens (tertiary/aromatic N) is 1. The molecule has 0 fully saturated rings. The van der Waals surface area contributed by atoms with Gasteiger partial charge in [0.25, 0.3) is 0 Å². The molecule has 0 unspecified atom stereocenters. The van der Waals surface area contributed by atoms with Gasteiger partial charge in [-0.25, -0.2) is 0 Å². The second kappa shape index (κ2) is 4.82. The van der Waals surface area contributed by atoms with Crippen LogP contribution >= 0.6 is 0 Å². The molecule has 0 aromatic carbocycles. The zero-order valence-corrected chi connectivity index (χ0v) is 11.3. The van der Waals surface area contributed by atoms with E-state index in [4.69, 9.17) is 0 Å². The number of hydrogen-bond donors (Lipinski definition) is 1. The van der Waals surface area contributed by atoms with E-state index in [2.05, 4.69) is 0 Å². The Morgan fingerprint density at radius 3 is 2.15 bits per heavy atom. The molecule has 0 radical (unpaired) electrons. The number of hydrogen-bond acceptors (Lipinski definition) is 2. The summed E-state index contributed by atoms with van der Waals surface area (Å²) in [5.74, 6) is 0. The third kappa shape index (κ3) is 4.49. The Bertz CT molecular complexity index is 240. The normalized spacial score (nSPS) is 12.5. The second-order valence-electron chi connectivity index (χ2n) is 3.80. The van der Waals surface area contributed by atoms with Crippen LogP contribution < -0.4 is 0 Å². The van der Waals surface area contributed by atoms with Crippen molar-refractivity contribution in [2.24, 2.45) is 0 Å².